The van der Waals surface area contributed by atoms with Crippen LogP contribution in [0.3, 0.4) is 0 Å². The zero-order chi connectivity index (χ0) is 13.7. The summed E-state index contributed by atoms with van der Waals surface area (Å²) in [6.07, 6.45) is 2.85. The van der Waals surface area contributed by atoms with Gasteiger partial charge in [-0.05, 0) is 25.1 Å². The SMILES string of the molecule is CCOc1ncc(NC(=O)c2cccc(F)c2)cn1. The number of hydrogen-bond acceptors (Lipinski definition) is 4. The fraction of sp³-hybridized carbons (Fsp3) is 0.154. The second kappa shape index (κ2) is 5.90. The van der Waals surface area contributed by atoms with E-state index in [4.69, 9.17) is 4.74 Å². The van der Waals surface area contributed by atoms with Crippen molar-refractivity contribution in [3.63, 3.8) is 0 Å². The minimum Gasteiger partial charge on any atom is -0.464 e. The zero-order valence-corrected chi connectivity index (χ0v) is 10.3. The molecular weight excluding hydrogens is 249 g/mol. The second-order valence-corrected chi connectivity index (χ2v) is 3.65. The lowest BCUT2D eigenvalue weighted by Crippen LogP contribution is -2.12. The van der Waals surface area contributed by atoms with Crippen molar-refractivity contribution in [2.24, 2.45) is 0 Å². The van der Waals surface area contributed by atoms with Crippen LogP contribution >= 0.6 is 0 Å². The summed E-state index contributed by atoms with van der Waals surface area (Å²) in [6.45, 7) is 2.29. The van der Waals surface area contributed by atoms with Crippen LogP contribution in [0, 0.1) is 5.82 Å². The molecule has 0 fully saturated rings. The first-order valence-electron chi connectivity index (χ1n) is 5.71. The van der Waals surface area contributed by atoms with E-state index in [0.717, 1.165) is 6.07 Å². The van der Waals surface area contributed by atoms with Crippen molar-refractivity contribution in [2.75, 3.05) is 11.9 Å². The molecule has 2 aromatic rings. The standard InChI is InChI=1S/C13H12FN3O2/c1-2-19-13-15-7-11(8-16-13)17-12(18)9-4-3-5-10(14)6-9/h3-8H,2H2,1H3,(H,17,18). The molecule has 1 heterocycles. The summed E-state index contributed by atoms with van der Waals surface area (Å²) in [5.41, 5.74) is 0.645. The quantitative estimate of drug-likeness (QED) is 0.917. The van der Waals surface area contributed by atoms with Crippen molar-refractivity contribution in [3.05, 3.63) is 48.0 Å². The van der Waals surface area contributed by atoms with E-state index in [2.05, 4.69) is 15.3 Å². The van der Waals surface area contributed by atoms with Gasteiger partial charge in [0, 0.05) is 5.56 Å². The predicted octanol–water partition coefficient (Wildman–Crippen LogP) is 2.27. The number of halogens is 1. The Bertz CT molecular complexity index is 572. The number of hydrogen-bond donors (Lipinski definition) is 1. The Morgan fingerprint density at radius 1 is 1.37 bits per heavy atom. The lowest BCUT2D eigenvalue weighted by atomic mass is 10.2. The summed E-state index contributed by atoms with van der Waals surface area (Å²) in [4.78, 5) is 19.6. The molecule has 0 atom stereocenters. The number of aromatic nitrogens is 2. The number of rotatable bonds is 4. The van der Waals surface area contributed by atoms with E-state index in [1.54, 1.807) is 0 Å². The van der Waals surface area contributed by atoms with E-state index in [-0.39, 0.29) is 11.6 Å². The molecule has 1 amide bonds. The van der Waals surface area contributed by atoms with Gasteiger partial charge >= 0.3 is 6.01 Å². The molecule has 98 valence electrons. The highest BCUT2D eigenvalue weighted by atomic mass is 19.1. The van der Waals surface area contributed by atoms with E-state index in [0.29, 0.717) is 12.3 Å². The lowest BCUT2D eigenvalue weighted by Gasteiger charge is -2.05. The molecule has 0 saturated carbocycles. The first-order chi connectivity index (χ1) is 9.19. The van der Waals surface area contributed by atoms with Gasteiger partial charge in [0.15, 0.2) is 0 Å². The molecule has 1 aromatic carbocycles. The second-order valence-electron chi connectivity index (χ2n) is 3.65. The predicted molar refractivity (Wildman–Crippen MR) is 67.6 cm³/mol. The van der Waals surface area contributed by atoms with Crippen LogP contribution < -0.4 is 10.1 Å². The van der Waals surface area contributed by atoms with Gasteiger partial charge in [-0.2, -0.15) is 0 Å². The Kier molecular flexibility index (Phi) is 4.02. The van der Waals surface area contributed by atoms with Gasteiger partial charge in [0.05, 0.1) is 24.7 Å². The Hall–Kier alpha value is -2.50. The van der Waals surface area contributed by atoms with Crippen molar-refractivity contribution in [1.29, 1.82) is 0 Å². The monoisotopic (exact) mass is 261 g/mol. The van der Waals surface area contributed by atoms with Crippen LogP contribution in [0.2, 0.25) is 0 Å². The first-order valence-corrected chi connectivity index (χ1v) is 5.71. The van der Waals surface area contributed by atoms with Crippen molar-refractivity contribution in [2.45, 2.75) is 6.92 Å². The number of benzene rings is 1. The van der Waals surface area contributed by atoms with Gasteiger partial charge in [0.2, 0.25) is 0 Å². The summed E-state index contributed by atoms with van der Waals surface area (Å²) in [6, 6.07) is 5.67. The Labute approximate surface area is 109 Å². The van der Waals surface area contributed by atoms with Gasteiger partial charge in [0.25, 0.3) is 5.91 Å². The van der Waals surface area contributed by atoms with Crippen LogP contribution in [0.5, 0.6) is 6.01 Å². The van der Waals surface area contributed by atoms with Crippen molar-refractivity contribution in [3.8, 4) is 6.01 Å². The Morgan fingerprint density at radius 2 is 2.11 bits per heavy atom. The van der Waals surface area contributed by atoms with Gasteiger partial charge < -0.3 is 10.1 Å². The maximum absolute atomic E-state index is 13.0. The third-order valence-electron chi connectivity index (χ3n) is 2.25. The molecule has 5 nitrogen and oxygen atoms in total. The lowest BCUT2D eigenvalue weighted by molar-refractivity contribution is 0.102. The number of nitrogens with zero attached hydrogens (tertiary/aromatic N) is 2. The summed E-state index contributed by atoms with van der Waals surface area (Å²) in [5.74, 6) is -0.886. The van der Waals surface area contributed by atoms with Crippen molar-refractivity contribution < 1.29 is 13.9 Å². The van der Waals surface area contributed by atoms with Crippen LogP contribution in [0.1, 0.15) is 17.3 Å². The number of amides is 1. The van der Waals surface area contributed by atoms with Crippen LogP contribution in [0.25, 0.3) is 0 Å². The molecule has 0 unspecified atom stereocenters. The first kappa shape index (κ1) is 12.9. The number of anilines is 1. The van der Waals surface area contributed by atoms with E-state index in [9.17, 15) is 9.18 Å². The van der Waals surface area contributed by atoms with Crippen LogP contribution in [-0.2, 0) is 0 Å². The normalized spacial score (nSPS) is 10.0. The average Bonchev–Trinajstić information content (AvgIpc) is 2.41. The molecular formula is C13H12FN3O2. The van der Waals surface area contributed by atoms with Gasteiger partial charge in [0.1, 0.15) is 5.82 Å². The molecule has 0 saturated heterocycles. The molecule has 0 aliphatic carbocycles. The highest BCUT2D eigenvalue weighted by molar-refractivity contribution is 6.04. The van der Waals surface area contributed by atoms with Gasteiger partial charge in [-0.25, -0.2) is 14.4 Å². The fourth-order valence-corrected chi connectivity index (χ4v) is 1.42. The van der Waals surface area contributed by atoms with E-state index < -0.39 is 11.7 Å². The van der Waals surface area contributed by atoms with Crippen molar-refractivity contribution >= 4 is 11.6 Å². The van der Waals surface area contributed by atoms with Crippen LogP contribution in [0.4, 0.5) is 10.1 Å². The van der Waals surface area contributed by atoms with Crippen LogP contribution in [-0.4, -0.2) is 22.5 Å². The van der Waals surface area contributed by atoms with E-state index >= 15 is 0 Å². The summed E-state index contributed by atoms with van der Waals surface area (Å²) < 4.78 is 18.1. The molecule has 2 rings (SSSR count). The number of nitrogens with one attached hydrogen (secondary N) is 1. The molecule has 1 aromatic heterocycles. The molecule has 6 heteroatoms. The van der Waals surface area contributed by atoms with E-state index in [1.165, 1.54) is 30.6 Å². The molecule has 0 spiro atoms. The highest BCUT2D eigenvalue weighted by Crippen LogP contribution is 2.10. The summed E-state index contributed by atoms with van der Waals surface area (Å²) >= 11 is 0. The van der Waals surface area contributed by atoms with Gasteiger partial charge in [-0.1, -0.05) is 6.07 Å². The van der Waals surface area contributed by atoms with Crippen LogP contribution in [0.15, 0.2) is 36.7 Å². The summed E-state index contributed by atoms with van der Waals surface area (Å²) in [5, 5.41) is 2.57. The number of carbonyl (C=O) groups excluding carboxylic acids is 1. The largest absolute Gasteiger partial charge is 0.464 e. The minimum absolute atomic E-state index is 0.230. The fourth-order valence-electron chi connectivity index (χ4n) is 1.42. The number of carbonyl (C=O) groups is 1. The summed E-state index contributed by atoms with van der Waals surface area (Å²) in [7, 11) is 0. The Balaban J connectivity index is 2.06. The Morgan fingerprint density at radius 3 is 2.74 bits per heavy atom. The van der Waals surface area contributed by atoms with E-state index in [1.807, 2.05) is 6.92 Å². The molecule has 1 N–H and O–H groups in total. The zero-order valence-electron chi connectivity index (χ0n) is 10.3. The van der Waals surface area contributed by atoms with Crippen molar-refractivity contribution in [1.82, 2.24) is 9.97 Å². The molecule has 0 bridgehead atoms. The van der Waals surface area contributed by atoms with Gasteiger partial charge in [-0.3, -0.25) is 4.79 Å². The molecule has 0 aliphatic rings. The smallest absolute Gasteiger partial charge is 0.316 e. The third-order valence-corrected chi connectivity index (χ3v) is 2.25. The highest BCUT2D eigenvalue weighted by Gasteiger charge is 2.07. The minimum atomic E-state index is -0.462. The van der Waals surface area contributed by atoms with Gasteiger partial charge in [-0.15, -0.1) is 0 Å². The molecule has 19 heavy (non-hydrogen) atoms. The topological polar surface area (TPSA) is 64.1 Å². The maximum atomic E-state index is 13.0. The number of ether oxygens (including phenoxy) is 1. The average molecular weight is 261 g/mol. The molecule has 0 aliphatic heterocycles. The maximum Gasteiger partial charge on any atom is 0.316 e. The third kappa shape index (κ3) is 3.48. The molecule has 0 radical (unpaired) electrons.